The van der Waals surface area contributed by atoms with Gasteiger partial charge in [-0.15, -0.1) is 11.8 Å². The van der Waals surface area contributed by atoms with Crippen LogP contribution >= 0.6 is 23.5 Å². The van der Waals surface area contributed by atoms with Crippen LogP contribution in [0.25, 0.3) is 0 Å². The molecule has 0 aliphatic carbocycles. The number of thioether (sulfide) groups is 2. The summed E-state index contributed by atoms with van der Waals surface area (Å²) < 4.78 is 5.43. The molecule has 1 atom stereocenters. The average Bonchev–Trinajstić information content (AvgIpc) is 2.93. The third-order valence-corrected chi connectivity index (χ3v) is 5.66. The molecule has 0 radical (unpaired) electrons. The maximum Gasteiger partial charge on any atom is 0.338 e. The quantitative estimate of drug-likeness (QED) is 0.593. The van der Waals surface area contributed by atoms with Crippen LogP contribution in [0, 0.1) is 0 Å². The van der Waals surface area contributed by atoms with E-state index in [-0.39, 0.29) is 12.0 Å². The highest BCUT2D eigenvalue weighted by atomic mass is 32.2. The number of amidine groups is 1. The fraction of sp³-hybridized carbons (Fsp3) is 0.389. The SMILES string of the molecule is CSc1ccc(C2C(C(=O)OC(C)C)=C(C)N=C3SCC(=O)N32)cc1. The molecular formula is C18H20N2O3S2. The Hall–Kier alpha value is -1.73. The Morgan fingerprint density at radius 2 is 2.04 bits per heavy atom. The predicted octanol–water partition coefficient (Wildman–Crippen LogP) is 3.62. The molecule has 1 aromatic rings. The van der Waals surface area contributed by atoms with Gasteiger partial charge in [0.25, 0.3) is 0 Å². The van der Waals surface area contributed by atoms with Crippen molar-refractivity contribution in [2.24, 2.45) is 4.99 Å². The number of ether oxygens (including phenoxy) is 1. The molecule has 1 amide bonds. The molecule has 2 heterocycles. The number of benzene rings is 1. The Labute approximate surface area is 155 Å². The van der Waals surface area contributed by atoms with Crippen molar-refractivity contribution < 1.29 is 14.3 Å². The molecule has 0 spiro atoms. The van der Waals surface area contributed by atoms with E-state index < -0.39 is 12.0 Å². The smallest absolute Gasteiger partial charge is 0.338 e. The summed E-state index contributed by atoms with van der Waals surface area (Å²) >= 11 is 3.06. The largest absolute Gasteiger partial charge is 0.459 e. The monoisotopic (exact) mass is 376 g/mol. The number of hydrogen-bond acceptors (Lipinski definition) is 6. The Bertz CT molecular complexity index is 769. The predicted molar refractivity (Wildman–Crippen MR) is 102 cm³/mol. The van der Waals surface area contributed by atoms with Crippen molar-refractivity contribution in [2.75, 3.05) is 12.0 Å². The van der Waals surface area contributed by atoms with Crippen LogP contribution in [0.15, 0.2) is 45.4 Å². The fourth-order valence-corrected chi connectivity index (χ4v) is 4.23. The number of aliphatic imine (C=N–C) groups is 1. The first-order valence-electron chi connectivity index (χ1n) is 8.01. The van der Waals surface area contributed by atoms with Crippen molar-refractivity contribution in [1.82, 2.24) is 4.90 Å². The third-order valence-electron chi connectivity index (χ3n) is 3.98. The summed E-state index contributed by atoms with van der Waals surface area (Å²) in [7, 11) is 0. The molecule has 0 bridgehead atoms. The maximum atomic E-state index is 12.7. The van der Waals surface area contributed by atoms with Crippen LogP contribution in [-0.2, 0) is 14.3 Å². The minimum Gasteiger partial charge on any atom is -0.459 e. The van der Waals surface area contributed by atoms with Crippen molar-refractivity contribution >= 4 is 40.6 Å². The lowest BCUT2D eigenvalue weighted by molar-refractivity contribution is -0.143. The van der Waals surface area contributed by atoms with Gasteiger partial charge < -0.3 is 4.74 Å². The molecule has 5 nitrogen and oxygen atoms in total. The van der Waals surface area contributed by atoms with Crippen LogP contribution in [0.1, 0.15) is 32.4 Å². The zero-order valence-corrected chi connectivity index (χ0v) is 16.2. The number of nitrogens with zero attached hydrogens (tertiary/aromatic N) is 2. The highest BCUT2D eigenvalue weighted by Crippen LogP contribution is 2.41. The molecule has 3 rings (SSSR count). The van der Waals surface area contributed by atoms with Crippen LogP contribution in [0.4, 0.5) is 0 Å². The molecule has 7 heteroatoms. The van der Waals surface area contributed by atoms with E-state index in [0.29, 0.717) is 22.2 Å². The molecule has 0 saturated carbocycles. The summed E-state index contributed by atoms with van der Waals surface area (Å²) in [6, 6.07) is 7.44. The Morgan fingerprint density at radius 1 is 1.36 bits per heavy atom. The van der Waals surface area contributed by atoms with E-state index in [4.69, 9.17) is 4.74 Å². The number of carbonyl (C=O) groups excluding carboxylic acids is 2. The van der Waals surface area contributed by atoms with Gasteiger partial charge >= 0.3 is 5.97 Å². The second-order valence-electron chi connectivity index (χ2n) is 6.08. The van der Waals surface area contributed by atoms with Crippen LogP contribution in [0.5, 0.6) is 0 Å². The van der Waals surface area contributed by atoms with Crippen molar-refractivity contribution in [3.05, 3.63) is 41.1 Å². The maximum absolute atomic E-state index is 12.7. The van der Waals surface area contributed by atoms with Gasteiger partial charge in [0.05, 0.1) is 29.2 Å². The van der Waals surface area contributed by atoms with E-state index in [1.54, 1.807) is 23.6 Å². The number of fused-ring (bicyclic) bond motifs is 1. The zero-order chi connectivity index (χ0) is 18.1. The standard InChI is InChI=1S/C18H20N2O3S2/c1-10(2)23-17(22)15-11(3)19-18-20(14(21)9-25-18)16(15)12-5-7-13(24-4)8-6-12/h5-8,10,16H,9H2,1-4H3. The van der Waals surface area contributed by atoms with E-state index in [1.165, 1.54) is 11.8 Å². The average molecular weight is 377 g/mol. The normalized spacial score (nSPS) is 20.0. The van der Waals surface area contributed by atoms with Crippen molar-refractivity contribution in [3.63, 3.8) is 0 Å². The Kier molecular flexibility index (Phi) is 5.24. The number of carbonyl (C=O) groups is 2. The number of esters is 1. The van der Waals surface area contributed by atoms with Gasteiger partial charge in [-0.05, 0) is 44.7 Å². The van der Waals surface area contributed by atoms with Gasteiger partial charge in [0.15, 0.2) is 5.17 Å². The molecular weight excluding hydrogens is 356 g/mol. The molecule has 1 fully saturated rings. The number of allylic oxidation sites excluding steroid dienone is 1. The summed E-state index contributed by atoms with van der Waals surface area (Å²) in [6.45, 7) is 5.42. The van der Waals surface area contributed by atoms with Gasteiger partial charge in [-0.25, -0.2) is 9.79 Å². The molecule has 2 aliphatic heterocycles. The van der Waals surface area contributed by atoms with Crippen LogP contribution in [0.3, 0.4) is 0 Å². The first-order chi connectivity index (χ1) is 11.9. The van der Waals surface area contributed by atoms with Crippen molar-refractivity contribution in [3.8, 4) is 0 Å². The van der Waals surface area contributed by atoms with E-state index in [2.05, 4.69) is 4.99 Å². The topological polar surface area (TPSA) is 59.0 Å². The fourth-order valence-electron chi connectivity index (χ4n) is 2.88. The van der Waals surface area contributed by atoms with Gasteiger partial charge in [0.1, 0.15) is 0 Å². The van der Waals surface area contributed by atoms with Gasteiger partial charge in [-0.1, -0.05) is 23.9 Å². The summed E-state index contributed by atoms with van der Waals surface area (Å²) in [4.78, 5) is 32.4. The summed E-state index contributed by atoms with van der Waals surface area (Å²) in [5.41, 5.74) is 1.93. The van der Waals surface area contributed by atoms with Gasteiger partial charge in [-0.2, -0.15) is 0 Å². The van der Waals surface area contributed by atoms with E-state index >= 15 is 0 Å². The highest BCUT2D eigenvalue weighted by Gasteiger charge is 2.43. The molecule has 0 aromatic heterocycles. The minimum atomic E-state index is -0.489. The molecule has 1 saturated heterocycles. The van der Waals surface area contributed by atoms with E-state index in [0.717, 1.165) is 10.5 Å². The van der Waals surface area contributed by atoms with Crippen molar-refractivity contribution in [1.29, 1.82) is 0 Å². The van der Waals surface area contributed by atoms with Crippen molar-refractivity contribution in [2.45, 2.75) is 37.8 Å². The van der Waals surface area contributed by atoms with E-state index in [9.17, 15) is 9.59 Å². The van der Waals surface area contributed by atoms with E-state index in [1.807, 2.05) is 44.4 Å². The number of amides is 1. The van der Waals surface area contributed by atoms with Crippen LogP contribution in [0.2, 0.25) is 0 Å². The summed E-state index contributed by atoms with van der Waals surface area (Å²) in [5, 5.41) is 0.655. The highest BCUT2D eigenvalue weighted by molar-refractivity contribution is 8.15. The number of hydrogen-bond donors (Lipinski definition) is 0. The Morgan fingerprint density at radius 3 is 2.64 bits per heavy atom. The van der Waals surface area contributed by atoms with Crippen LogP contribution in [-0.4, -0.2) is 40.1 Å². The Balaban J connectivity index is 2.09. The lowest BCUT2D eigenvalue weighted by Gasteiger charge is -2.33. The van der Waals surface area contributed by atoms with Gasteiger partial charge in [-0.3, -0.25) is 9.69 Å². The second-order valence-corrected chi connectivity index (χ2v) is 7.90. The minimum absolute atomic E-state index is 0.0370. The zero-order valence-electron chi connectivity index (χ0n) is 14.6. The number of rotatable bonds is 4. The lowest BCUT2D eigenvalue weighted by atomic mass is 9.94. The van der Waals surface area contributed by atoms with Crippen LogP contribution < -0.4 is 0 Å². The van der Waals surface area contributed by atoms with Gasteiger partial charge in [0.2, 0.25) is 5.91 Å². The first kappa shape index (κ1) is 18.1. The molecule has 25 heavy (non-hydrogen) atoms. The second kappa shape index (κ2) is 7.25. The molecule has 132 valence electrons. The third kappa shape index (κ3) is 3.48. The summed E-state index contributed by atoms with van der Waals surface area (Å²) in [6.07, 6.45) is 1.78. The molecule has 1 unspecified atom stereocenters. The van der Waals surface area contributed by atoms with Gasteiger partial charge in [0, 0.05) is 4.90 Å². The summed E-state index contributed by atoms with van der Waals surface area (Å²) in [5.74, 6) is -0.109. The first-order valence-corrected chi connectivity index (χ1v) is 10.2. The molecule has 2 aliphatic rings. The molecule has 0 N–H and O–H groups in total. The molecule has 1 aromatic carbocycles. The lowest BCUT2D eigenvalue weighted by Crippen LogP contribution is -2.40.